The maximum absolute atomic E-state index is 12.6. The third-order valence-electron chi connectivity index (χ3n) is 5.64. The van der Waals surface area contributed by atoms with E-state index in [1.807, 2.05) is 57.2 Å². The van der Waals surface area contributed by atoms with E-state index in [0.717, 1.165) is 22.6 Å². The number of pyridine rings is 1. The van der Waals surface area contributed by atoms with E-state index < -0.39 is 5.60 Å². The molecular formula is C27H31N7O4. The summed E-state index contributed by atoms with van der Waals surface area (Å²) in [6, 6.07) is 11.5. The molecule has 3 heterocycles. The Bertz CT molecular complexity index is 1280. The molecule has 0 unspecified atom stereocenters. The van der Waals surface area contributed by atoms with Crippen LogP contribution in [0.15, 0.2) is 48.9 Å². The predicted molar refractivity (Wildman–Crippen MR) is 142 cm³/mol. The summed E-state index contributed by atoms with van der Waals surface area (Å²) in [5.74, 6) is 1.76. The monoisotopic (exact) mass is 517 g/mol. The Morgan fingerprint density at radius 3 is 2.58 bits per heavy atom. The number of carbonyl (C=O) groups excluding carboxylic acids is 1. The summed E-state index contributed by atoms with van der Waals surface area (Å²) >= 11 is 0. The van der Waals surface area contributed by atoms with E-state index >= 15 is 0 Å². The molecule has 1 aliphatic rings. The molecule has 1 atom stereocenters. The number of ether oxygens (including phenoxy) is 3. The molecule has 2 aromatic heterocycles. The number of benzene rings is 1. The van der Waals surface area contributed by atoms with Crippen molar-refractivity contribution >= 4 is 23.4 Å². The van der Waals surface area contributed by atoms with E-state index in [1.165, 1.54) is 12.4 Å². The normalized spacial score (nSPS) is 15.3. The van der Waals surface area contributed by atoms with Crippen LogP contribution in [0.4, 0.5) is 22.1 Å². The maximum atomic E-state index is 12.6. The van der Waals surface area contributed by atoms with E-state index in [2.05, 4.69) is 25.6 Å². The minimum Gasteiger partial charge on any atom is -0.497 e. The molecule has 0 bridgehead atoms. The van der Waals surface area contributed by atoms with Crippen LogP contribution in [-0.4, -0.2) is 71.0 Å². The van der Waals surface area contributed by atoms with Gasteiger partial charge in [0.05, 0.1) is 38.8 Å². The van der Waals surface area contributed by atoms with E-state index in [9.17, 15) is 4.79 Å². The van der Waals surface area contributed by atoms with Gasteiger partial charge in [-0.1, -0.05) is 12.1 Å². The van der Waals surface area contributed by atoms with Crippen molar-refractivity contribution in [1.82, 2.24) is 19.9 Å². The Labute approximate surface area is 221 Å². The molecule has 1 fully saturated rings. The first-order valence-corrected chi connectivity index (χ1v) is 12.2. The molecule has 11 nitrogen and oxygen atoms in total. The van der Waals surface area contributed by atoms with Gasteiger partial charge in [-0.2, -0.15) is 5.26 Å². The van der Waals surface area contributed by atoms with Crippen molar-refractivity contribution in [3.63, 3.8) is 0 Å². The van der Waals surface area contributed by atoms with Crippen molar-refractivity contribution in [2.75, 3.05) is 44.0 Å². The number of nitriles is 1. The smallest absolute Gasteiger partial charge is 0.410 e. The van der Waals surface area contributed by atoms with Crippen molar-refractivity contribution in [3.8, 4) is 22.9 Å². The number of aromatic nitrogens is 3. The van der Waals surface area contributed by atoms with Crippen LogP contribution in [0, 0.1) is 11.3 Å². The molecule has 2 N–H and O–H groups in total. The standard InChI is InChI=1S/C27H31N7O4/c1-27(2,3)38-26(35)34-9-10-37-21(17-34)14-30-23-11-24(33-25-16-29-19(12-28)13-31-25)32-15-22(23)18-5-7-20(36-4)8-6-18/h5-8,11,13,15-16,21H,9-10,14,17H2,1-4H3,(H2,30,31,32,33)/t21-/m0/s1. The number of anilines is 3. The molecule has 0 radical (unpaired) electrons. The lowest BCUT2D eigenvalue weighted by Gasteiger charge is -2.34. The Morgan fingerprint density at radius 2 is 1.92 bits per heavy atom. The molecule has 0 aliphatic carbocycles. The highest BCUT2D eigenvalue weighted by atomic mass is 16.6. The molecule has 198 valence electrons. The molecule has 0 saturated carbocycles. The average molecular weight is 518 g/mol. The topological polar surface area (TPSA) is 135 Å². The molecule has 1 aromatic carbocycles. The van der Waals surface area contributed by atoms with Gasteiger partial charge in [0, 0.05) is 36.6 Å². The molecule has 1 amide bonds. The Balaban J connectivity index is 1.52. The molecule has 0 spiro atoms. The molecule has 1 aliphatic heterocycles. The second-order valence-corrected chi connectivity index (χ2v) is 9.67. The van der Waals surface area contributed by atoms with Gasteiger partial charge in [-0.3, -0.25) is 0 Å². The number of carbonyl (C=O) groups is 1. The van der Waals surface area contributed by atoms with Crippen LogP contribution in [0.2, 0.25) is 0 Å². The zero-order valence-corrected chi connectivity index (χ0v) is 21.9. The van der Waals surface area contributed by atoms with Gasteiger partial charge in [-0.15, -0.1) is 0 Å². The van der Waals surface area contributed by atoms with Crippen molar-refractivity contribution < 1.29 is 19.0 Å². The molecule has 4 rings (SSSR count). The fraction of sp³-hybridized carbons (Fsp3) is 0.370. The highest BCUT2D eigenvalue weighted by molar-refractivity contribution is 5.80. The lowest BCUT2D eigenvalue weighted by molar-refractivity contribution is -0.0371. The minimum absolute atomic E-state index is 0.228. The van der Waals surface area contributed by atoms with Gasteiger partial charge in [0.15, 0.2) is 5.69 Å². The van der Waals surface area contributed by atoms with Crippen molar-refractivity contribution in [3.05, 3.63) is 54.6 Å². The number of rotatable bonds is 7. The van der Waals surface area contributed by atoms with Crippen LogP contribution in [0.5, 0.6) is 5.75 Å². The number of nitrogens with one attached hydrogen (secondary N) is 2. The van der Waals surface area contributed by atoms with Crippen molar-refractivity contribution in [2.45, 2.75) is 32.5 Å². The summed E-state index contributed by atoms with van der Waals surface area (Å²) in [4.78, 5) is 27.0. The third-order valence-corrected chi connectivity index (χ3v) is 5.64. The average Bonchev–Trinajstić information content (AvgIpc) is 2.92. The van der Waals surface area contributed by atoms with Crippen molar-refractivity contribution in [2.24, 2.45) is 0 Å². The number of morpholine rings is 1. The minimum atomic E-state index is -0.559. The van der Waals surface area contributed by atoms with Gasteiger partial charge < -0.3 is 29.7 Å². The van der Waals surface area contributed by atoms with Gasteiger partial charge in [0.25, 0.3) is 0 Å². The summed E-state index contributed by atoms with van der Waals surface area (Å²) in [6.07, 6.45) is 4.06. The van der Waals surface area contributed by atoms with Gasteiger partial charge in [-0.05, 0) is 38.5 Å². The predicted octanol–water partition coefficient (Wildman–Crippen LogP) is 4.21. The fourth-order valence-corrected chi connectivity index (χ4v) is 3.81. The zero-order valence-electron chi connectivity index (χ0n) is 21.9. The van der Waals surface area contributed by atoms with Crippen LogP contribution < -0.4 is 15.4 Å². The van der Waals surface area contributed by atoms with Crippen molar-refractivity contribution in [1.29, 1.82) is 5.26 Å². The van der Waals surface area contributed by atoms with E-state index in [0.29, 0.717) is 37.9 Å². The summed E-state index contributed by atoms with van der Waals surface area (Å²) in [5, 5.41) is 15.5. The quantitative estimate of drug-likeness (QED) is 0.469. The van der Waals surface area contributed by atoms with Gasteiger partial charge in [0.2, 0.25) is 0 Å². The number of methoxy groups -OCH3 is 1. The highest BCUT2D eigenvalue weighted by Crippen LogP contribution is 2.31. The van der Waals surface area contributed by atoms with Gasteiger partial charge in [0.1, 0.15) is 29.1 Å². The first kappa shape index (κ1) is 26.6. The van der Waals surface area contributed by atoms with Crippen LogP contribution in [0.25, 0.3) is 11.1 Å². The number of nitrogens with zero attached hydrogens (tertiary/aromatic N) is 5. The van der Waals surface area contributed by atoms with Crippen LogP contribution in [0.3, 0.4) is 0 Å². The zero-order chi connectivity index (χ0) is 27.1. The van der Waals surface area contributed by atoms with Crippen LogP contribution in [-0.2, 0) is 9.47 Å². The Kier molecular flexibility index (Phi) is 8.23. The second-order valence-electron chi connectivity index (χ2n) is 9.67. The van der Waals surface area contributed by atoms with E-state index in [4.69, 9.17) is 19.5 Å². The SMILES string of the molecule is COc1ccc(-c2cnc(Nc3cnc(C#N)cn3)cc2NC[C@H]2CN(C(=O)OC(C)(C)C)CCO2)cc1. The van der Waals surface area contributed by atoms with Crippen LogP contribution >= 0.6 is 0 Å². The number of hydrogen-bond acceptors (Lipinski definition) is 10. The summed E-state index contributed by atoms with van der Waals surface area (Å²) in [7, 11) is 1.63. The maximum Gasteiger partial charge on any atom is 0.410 e. The first-order chi connectivity index (χ1) is 18.2. The van der Waals surface area contributed by atoms with E-state index in [1.54, 1.807) is 18.2 Å². The molecule has 38 heavy (non-hydrogen) atoms. The lowest BCUT2D eigenvalue weighted by atomic mass is 10.1. The molecule has 3 aromatic rings. The molecular weight excluding hydrogens is 486 g/mol. The fourth-order valence-electron chi connectivity index (χ4n) is 3.81. The molecule has 1 saturated heterocycles. The number of hydrogen-bond donors (Lipinski definition) is 2. The Hall–Kier alpha value is -4.43. The summed E-state index contributed by atoms with van der Waals surface area (Å²) in [5.41, 5.74) is 2.31. The number of amides is 1. The van der Waals surface area contributed by atoms with Crippen LogP contribution in [0.1, 0.15) is 26.5 Å². The lowest BCUT2D eigenvalue weighted by Crippen LogP contribution is -2.49. The Morgan fingerprint density at radius 1 is 1.16 bits per heavy atom. The first-order valence-electron chi connectivity index (χ1n) is 12.2. The van der Waals surface area contributed by atoms with Gasteiger partial charge >= 0.3 is 6.09 Å². The second kappa shape index (κ2) is 11.7. The van der Waals surface area contributed by atoms with Gasteiger partial charge in [-0.25, -0.2) is 19.7 Å². The largest absolute Gasteiger partial charge is 0.497 e. The molecule has 11 heteroatoms. The summed E-state index contributed by atoms with van der Waals surface area (Å²) < 4.78 is 16.7. The highest BCUT2D eigenvalue weighted by Gasteiger charge is 2.28. The van der Waals surface area contributed by atoms with E-state index in [-0.39, 0.29) is 17.9 Å². The third kappa shape index (κ3) is 7.08. The summed E-state index contributed by atoms with van der Waals surface area (Å²) in [6.45, 7) is 7.34.